The monoisotopic (exact) mass is 824 g/mol. The second kappa shape index (κ2) is 19.9. The van der Waals surface area contributed by atoms with Crippen molar-refractivity contribution in [1.29, 1.82) is 0 Å². The summed E-state index contributed by atoms with van der Waals surface area (Å²) in [5.74, 6) is 1.37. The molecule has 0 aromatic heterocycles. The summed E-state index contributed by atoms with van der Waals surface area (Å²) in [6.45, 7) is 18.5. The van der Waals surface area contributed by atoms with Crippen molar-refractivity contribution in [3.05, 3.63) is 126 Å². The van der Waals surface area contributed by atoms with Gasteiger partial charge in [-0.3, -0.25) is 0 Å². The molecule has 0 saturated heterocycles. The Hall–Kier alpha value is -2.00. The molecule has 268 valence electrons. The summed E-state index contributed by atoms with van der Waals surface area (Å²) in [6, 6.07) is 41.3. The fourth-order valence-corrected chi connectivity index (χ4v) is 8.30. The average molecular weight is 827 g/mol. The number of halogens is 2. The van der Waals surface area contributed by atoms with Gasteiger partial charge in [0.1, 0.15) is 0 Å². The van der Waals surface area contributed by atoms with Crippen molar-refractivity contribution in [2.24, 2.45) is 0 Å². The quantitative estimate of drug-likeness (QED) is 0.121. The van der Waals surface area contributed by atoms with E-state index < -0.39 is 8.07 Å². The first-order valence-corrected chi connectivity index (χ1v) is 28.2. The molecule has 1 aliphatic rings. The molecule has 0 heterocycles. The molecule has 0 bridgehead atoms. The van der Waals surface area contributed by atoms with Crippen molar-refractivity contribution in [3.63, 3.8) is 0 Å². The van der Waals surface area contributed by atoms with Crippen LogP contribution in [0.15, 0.2) is 109 Å². The molecule has 0 aliphatic heterocycles. The first kappa shape index (κ1) is 43.4. The molecule has 0 spiro atoms. The van der Waals surface area contributed by atoms with Crippen LogP contribution in [0.5, 0.6) is 0 Å². The van der Waals surface area contributed by atoms with E-state index in [-0.39, 0.29) is 30.2 Å². The van der Waals surface area contributed by atoms with Crippen molar-refractivity contribution in [3.8, 4) is 22.3 Å². The summed E-state index contributed by atoms with van der Waals surface area (Å²) in [4.78, 5) is 0. The van der Waals surface area contributed by atoms with E-state index in [4.69, 9.17) is 0 Å². The van der Waals surface area contributed by atoms with Gasteiger partial charge < -0.3 is 24.8 Å². The second-order valence-corrected chi connectivity index (χ2v) is 30.0. The third-order valence-corrected chi connectivity index (χ3v) is 12.1. The van der Waals surface area contributed by atoms with Gasteiger partial charge in [0.05, 0.1) is 8.07 Å². The molecule has 1 fully saturated rings. The molecule has 5 heteroatoms. The van der Waals surface area contributed by atoms with Gasteiger partial charge in [-0.2, -0.15) is 12.1 Å². The Balaban J connectivity index is 0.000000243. The van der Waals surface area contributed by atoms with E-state index in [1.54, 1.807) is 28.9 Å². The Morgan fingerprint density at radius 1 is 0.706 bits per heavy atom. The van der Waals surface area contributed by atoms with E-state index in [1.165, 1.54) is 92.2 Å². The number of fused-ring (bicyclic) bond motifs is 2. The summed E-state index contributed by atoms with van der Waals surface area (Å²) >= 11 is 1.74. The van der Waals surface area contributed by atoms with E-state index in [0.29, 0.717) is 5.92 Å². The van der Waals surface area contributed by atoms with Crippen LogP contribution in [0.3, 0.4) is 0 Å². The van der Waals surface area contributed by atoms with Gasteiger partial charge in [0.2, 0.25) is 0 Å². The predicted molar refractivity (Wildman–Crippen MR) is 220 cm³/mol. The van der Waals surface area contributed by atoms with Gasteiger partial charge in [-0.1, -0.05) is 137 Å². The van der Waals surface area contributed by atoms with Gasteiger partial charge >= 0.3 is 41.9 Å². The van der Waals surface area contributed by atoms with E-state index in [0.717, 1.165) is 12.3 Å². The van der Waals surface area contributed by atoms with Gasteiger partial charge in [0.25, 0.3) is 0 Å². The summed E-state index contributed by atoms with van der Waals surface area (Å²) in [5, 5.41) is 7.10. The van der Waals surface area contributed by atoms with E-state index in [1.807, 2.05) is 0 Å². The Kier molecular flexibility index (Phi) is 16.9. The molecule has 0 amide bonds. The van der Waals surface area contributed by atoms with Crippen LogP contribution in [0.1, 0.15) is 81.4 Å². The van der Waals surface area contributed by atoms with Gasteiger partial charge in [0, 0.05) is 0 Å². The maximum Gasteiger partial charge on any atom is -1.00 e. The summed E-state index contributed by atoms with van der Waals surface area (Å²) in [5.41, 5.74) is 10.0. The standard InChI is InChI=1S/C24H27.C20H23Si.C2H6Si.2ClH.Zr/c1-17(2)18-11-13-20(14-12-18)23-10-6-9-21-15-22(16-24(21)23)19-7-4-3-5-8-19;1-5-15-13-17-7-6-8-19(20(17)14-15)16-9-11-18(12-10-16)21(2,3)4;1-3-2;;;/h6,9-17,19H,3-5,7-8H2,1-2H3;6-14H,5H2,1-4H3;1-2H3;2*1H;/q2*-1;;;;+2/p-2. The van der Waals surface area contributed by atoms with Crippen LogP contribution in [0, 0.1) is 0 Å². The number of hydrogen-bond donors (Lipinski definition) is 0. The maximum atomic E-state index is 2.47. The molecular weight excluding hydrogens is 771 g/mol. The molecule has 1 saturated carbocycles. The van der Waals surface area contributed by atoms with Crippen molar-refractivity contribution < 1.29 is 48.1 Å². The second-order valence-electron chi connectivity index (χ2n) is 15.6. The minimum atomic E-state index is -1.21. The summed E-state index contributed by atoms with van der Waals surface area (Å²) in [7, 11) is -1.21. The molecule has 6 aromatic carbocycles. The van der Waals surface area contributed by atoms with Crippen LogP contribution in [-0.2, 0) is 29.8 Å². The van der Waals surface area contributed by atoms with Crippen molar-refractivity contribution >= 4 is 40.2 Å². The first-order valence-electron chi connectivity index (χ1n) is 18.5. The van der Waals surface area contributed by atoms with Crippen LogP contribution >= 0.6 is 0 Å². The molecule has 6 aromatic rings. The van der Waals surface area contributed by atoms with Crippen LogP contribution in [0.2, 0.25) is 32.7 Å². The Morgan fingerprint density at radius 2 is 1.20 bits per heavy atom. The largest absolute Gasteiger partial charge is 1.00 e. The molecule has 51 heavy (non-hydrogen) atoms. The first-order chi connectivity index (χ1) is 23.4. The maximum absolute atomic E-state index is 2.47. The Morgan fingerprint density at radius 3 is 1.69 bits per heavy atom. The van der Waals surface area contributed by atoms with Gasteiger partial charge in [-0.05, 0) is 47.8 Å². The van der Waals surface area contributed by atoms with Crippen LogP contribution in [-0.4, -0.2) is 13.5 Å². The molecule has 0 nitrogen and oxygen atoms in total. The Bertz CT molecular complexity index is 1960. The van der Waals surface area contributed by atoms with Gasteiger partial charge in [-0.25, -0.2) is 0 Å². The average Bonchev–Trinajstić information content (AvgIpc) is 3.73. The molecule has 1 aliphatic carbocycles. The molecule has 0 unspecified atom stereocenters. The van der Waals surface area contributed by atoms with E-state index in [2.05, 4.69) is 163 Å². The Labute approximate surface area is 337 Å². The van der Waals surface area contributed by atoms with Gasteiger partial charge in [-0.15, -0.1) is 69.1 Å². The summed E-state index contributed by atoms with van der Waals surface area (Å²) < 4.78 is 0. The van der Waals surface area contributed by atoms with Crippen LogP contribution < -0.4 is 30.0 Å². The minimum Gasteiger partial charge on any atom is -1.00 e. The van der Waals surface area contributed by atoms with Crippen molar-refractivity contribution in [1.82, 2.24) is 0 Å². The third kappa shape index (κ3) is 11.5. The normalized spacial score (nSPS) is 13.1. The molecule has 0 radical (unpaired) electrons. The zero-order valence-corrected chi connectivity index (χ0v) is 38.0. The topological polar surface area (TPSA) is 0 Å². The van der Waals surface area contributed by atoms with E-state index >= 15 is 0 Å². The SMILES string of the molecule is CC(C)c1ccc(-c2cccc3[cH-]c(C4CCCCC4)cc23)cc1.CCc1cc2c(-c3ccc([Si](C)(C)C)cc3)cccc2[cH-]1.C[Si](C)=[Zr+2].[Cl-].[Cl-]. The number of aryl methyl sites for hydroxylation is 1. The zero-order valence-electron chi connectivity index (χ0n) is 32.0. The van der Waals surface area contributed by atoms with Crippen molar-refractivity contribution in [2.45, 2.75) is 104 Å². The molecule has 7 rings (SSSR count). The summed E-state index contributed by atoms with van der Waals surface area (Å²) in [6.07, 6.45) is 8.06. The molecule has 0 atom stereocenters. The molecular formula is C46H56Cl2Si2Zr-2. The fraction of sp³-hybridized carbons (Fsp3) is 0.348. The molecule has 0 N–H and O–H groups in total. The van der Waals surface area contributed by atoms with Crippen molar-refractivity contribution in [2.75, 3.05) is 0 Å². The predicted octanol–water partition coefficient (Wildman–Crippen LogP) is 7.52. The van der Waals surface area contributed by atoms with Crippen LogP contribution in [0.25, 0.3) is 43.8 Å². The number of hydrogen-bond acceptors (Lipinski definition) is 0. The number of rotatable bonds is 6. The smallest absolute Gasteiger partial charge is 1.00 e. The fourth-order valence-electron chi connectivity index (χ4n) is 7.13. The van der Waals surface area contributed by atoms with E-state index in [9.17, 15) is 0 Å². The zero-order chi connectivity index (χ0) is 35.1. The number of benzene rings is 4. The third-order valence-electron chi connectivity index (χ3n) is 10.0. The van der Waals surface area contributed by atoms with Crippen LogP contribution in [0.4, 0.5) is 0 Å². The minimum absolute atomic E-state index is 0. The van der Waals surface area contributed by atoms with Gasteiger partial charge in [0.15, 0.2) is 0 Å².